The standard InChI is InChI=1S/C11H18ClNO/c12-7-3-4-8-13-11(14)9-10-5-1-2-6-10/h3-4,10H,1-2,5-9H2,(H,13,14)/b4-3+. The summed E-state index contributed by atoms with van der Waals surface area (Å²) in [6, 6.07) is 0. The molecule has 0 aromatic carbocycles. The van der Waals surface area contributed by atoms with Crippen LogP contribution in [0.1, 0.15) is 32.1 Å². The summed E-state index contributed by atoms with van der Waals surface area (Å²) in [5.74, 6) is 1.32. The van der Waals surface area contributed by atoms with Crippen LogP contribution in [-0.2, 0) is 4.79 Å². The van der Waals surface area contributed by atoms with Crippen molar-refractivity contribution >= 4 is 17.5 Å². The first-order valence-electron chi connectivity index (χ1n) is 5.30. The molecule has 3 heteroatoms. The fraction of sp³-hybridized carbons (Fsp3) is 0.727. The molecule has 0 aliphatic heterocycles. The van der Waals surface area contributed by atoms with Crippen molar-refractivity contribution in [2.45, 2.75) is 32.1 Å². The van der Waals surface area contributed by atoms with Gasteiger partial charge in [0.2, 0.25) is 5.91 Å². The maximum Gasteiger partial charge on any atom is 0.220 e. The minimum atomic E-state index is 0.177. The predicted octanol–water partition coefficient (Wildman–Crippen LogP) is 2.48. The maximum absolute atomic E-state index is 11.4. The quantitative estimate of drug-likeness (QED) is 0.554. The van der Waals surface area contributed by atoms with Crippen molar-refractivity contribution in [2.24, 2.45) is 5.92 Å². The van der Waals surface area contributed by atoms with Gasteiger partial charge in [0.1, 0.15) is 0 Å². The monoisotopic (exact) mass is 215 g/mol. The molecule has 0 bridgehead atoms. The Balaban J connectivity index is 2.06. The normalized spacial score (nSPS) is 17.8. The number of nitrogens with one attached hydrogen (secondary N) is 1. The second-order valence-corrected chi connectivity index (χ2v) is 4.09. The van der Waals surface area contributed by atoms with Crippen LogP contribution >= 0.6 is 11.6 Å². The molecular weight excluding hydrogens is 198 g/mol. The fourth-order valence-corrected chi connectivity index (χ4v) is 1.99. The summed E-state index contributed by atoms with van der Waals surface area (Å²) in [5, 5.41) is 2.86. The molecule has 1 saturated carbocycles. The summed E-state index contributed by atoms with van der Waals surface area (Å²) in [6.07, 6.45) is 9.48. The highest BCUT2D eigenvalue weighted by Crippen LogP contribution is 2.27. The molecule has 1 aliphatic rings. The first-order chi connectivity index (χ1) is 6.83. The second kappa shape index (κ2) is 6.88. The lowest BCUT2D eigenvalue weighted by atomic mass is 10.0. The lowest BCUT2D eigenvalue weighted by Crippen LogP contribution is -2.25. The van der Waals surface area contributed by atoms with E-state index in [1.807, 2.05) is 12.2 Å². The van der Waals surface area contributed by atoms with Crippen molar-refractivity contribution in [1.29, 1.82) is 0 Å². The van der Waals surface area contributed by atoms with Crippen molar-refractivity contribution in [3.63, 3.8) is 0 Å². The van der Waals surface area contributed by atoms with E-state index in [0.29, 0.717) is 24.8 Å². The van der Waals surface area contributed by atoms with Crippen LogP contribution in [0.25, 0.3) is 0 Å². The third-order valence-corrected chi connectivity index (χ3v) is 2.80. The van der Waals surface area contributed by atoms with Gasteiger partial charge in [-0.25, -0.2) is 0 Å². The van der Waals surface area contributed by atoms with Crippen LogP contribution in [0.4, 0.5) is 0 Å². The molecule has 0 heterocycles. The van der Waals surface area contributed by atoms with Gasteiger partial charge in [0.15, 0.2) is 0 Å². The predicted molar refractivity (Wildman–Crippen MR) is 59.4 cm³/mol. The van der Waals surface area contributed by atoms with Crippen molar-refractivity contribution in [3.05, 3.63) is 12.2 Å². The van der Waals surface area contributed by atoms with E-state index >= 15 is 0 Å². The molecule has 1 N–H and O–H groups in total. The maximum atomic E-state index is 11.4. The van der Waals surface area contributed by atoms with E-state index in [9.17, 15) is 4.79 Å². The zero-order valence-electron chi connectivity index (χ0n) is 8.47. The van der Waals surface area contributed by atoms with Gasteiger partial charge in [-0.15, -0.1) is 11.6 Å². The average molecular weight is 216 g/mol. The SMILES string of the molecule is O=C(CC1CCCC1)NC/C=C/CCl. The summed E-state index contributed by atoms with van der Waals surface area (Å²) in [5.41, 5.74) is 0. The molecule has 1 aliphatic carbocycles. The molecule has 80 valence electrons. The van der Waals surface area contributed by atoms with Crippen molar-refractivity contribution in [1.82, 2.24) is 5.32 Å². The Morgan fingerprint density at radius 1 is 1.36 bits per heavy atom. The van der Waals surface area contributed by atoms with Crippen molar-refractivity contribution in [3.8, 4) is 0 Å². The molecule has 1 rings (SSSR count). The van der Waals surface area contributed by atoms with Gasteiger partial charge in [0.25, 0.3) is 0 Å². The number of alkyl halides is 1. The number of rotatable bonds is 5. The minimum absolute atomic E-state index is 0.177. The van der Waals surface area contributed by atoms with Crippen LogP contribution in [0.15, 0.2) is 12.2 Å². The van der Waals surface area contributed by atoms with Gasteiger partial charge in [0, 0.05) is 18.8 Å². The van der Waals surface area contributed by atoms with E-state index < -0.39 is 0 Å². The highest BCUT2D eigenvalue weighted by atomic mass is 35.5. The Kier molecular flexibility index (Phi) is 5.69. The third kappa shape index (κ3) is 4.66. The van der Waals surface area contributed by atoms with Crippen LogP contribution in [-0.4, -0.2) is 18.3 Å². The molecule has 1 amide bonds. The number of hydrogen-bond acceptors (Lipinski definition) is 1. The molecule has 0 aromatic heterocycles. The van der Waals surface area contributed by atoms with Crippen LogP contribution in [0.5, 0.6) is 0 Å². The first-order valence-corrected chi connectivity index (χ1v) is 5.84. The second-order valence-electron chi connectivity index (χ2n) is 3.78. The van der Waals surface area contributed by atoms with Gasteiger partial charge >= 0.3 is 0 Å². The van der Waals surface area contributed by atoms with E-state index in [1.165, 1.54) is 25.7 Å². The minimum Gasteiger partial charge on any atom is -0.353 e. The molecule has 0 atom stereocenters. The summed E-state index contributed by atoms with van der Waals surface area (Å²) in [4.78, 5) is 11.4. The average Bonchev–Trinajstić information content (AvgIpc) is 2.65. The fourth-order valence-electron chi connectivity index (χ4n) is 1.87. The molecule has 1 fully saturated rings. The largest absolute Gasteiger partial charge is 0.353 e. The number of amides is 1. The zero-order valence-corrected chi connectivity index (χ0v) is 9.22. The molecule has 14 heavy (non-hydrogen) atoms. The molecule has 0 radical (unpaired) electrons. The van der Waals surface area contributed by atoms with Crippen LogP contribution in [0.2, 0.25) is 0 Å². The van der Waals surface area contributed by atoms with E-state index in [-0.39, 0.29) is 5.91 Å². The molecule has 2 nitrogen and oxygen atoms in total. The van der Waals surface area contributed by atoms with Gasteiger partial charge in [-0.2, -0.15) is 0 Å². The van der Waals surface area contributed by atoms with E-state index in [2.05, 4.69) is 5.32 Å². The van der Waals surface area contributed by atoms with Crippen LogP contribution in [0.3, 0.4) is 0 Å². The van der Waals surface area contributed by atoms with Crippen molar-refractivity contribution in [2.75, 3.05) is 12.4 Å². The van der Waals surface area contributed by atoms with E-state index in [0.717, 1.165) is 0 Å². The third-order valence-electron chi connectivity index (χ3n) is 2.62. The summed E-state index contributed by atoms with van der Waals surface area (Å²) >= 11 is 5.45. The number of allylic oxidation sites excluding steroid dienone is 1. The molecular formula is C11H18ClNO. The highest BCUT2D eigenvalue weighted by Gasteiger charge is 2.17. The molecule has 0 unspecified atom stereocenters. The molecule has 0 spiro atoms. The Labute approximate surface area is 90.7 Å². The Bertz CT molecular complexity index is 197. The lowest BCUT2D eigenvalue weighted by Gasteiger charge is -2.07. The van der Waals surface area contributed by atoms with E-state index in [1.54, 1.807) is 0 Å². The Morgan fingerprint density at radius 3 is 2.71 bits per heavy atom. The summed E-state index contributed by atoms with van der Waals surface area (Å²) < 4.78 is 0. The highest BCUT2D eigenvalue weighted by molar-refractivity contribution is 6.18. The zero-order chi connectivity index (χ0) is 10.2. The number of carbonyl (C=O) groups is 1. The van der Waals surface area contributed by atoms with Gasteiger partial charge in [0.05, 0.1) is 0 Å². The van der Waals surface area contributed by atoms with E-state index in [4.69, 9.17) is 11.6 Å². The topological polar surface area (TPSA) is 29.1 Å². The van der Waals surface area contributed by atoms with Crippen LogP contribution < -0.4 is 5.32 Å². The Hall–Kier alpha value is -0.500. The van der Waals surface area contributed by atoms with Gasteiger partial charge < -0.3 is 5.32 Å². The van der Waals surface area contributed by atoms with Crippen LogP contribution in [0, 0.1) is 5.92 Å². The first kappa shape index (κ1) is 11.6. The van der Waals surface area contributed by atoms with Crippen molar-refractivity contribution < 1.29 is 4.79 Å². The Morgan fingerprint density at radius 2 is 2.07 bits per heavy atom. The van der Waals surface area contributed by atoms with Gasteiger partial charge in [-0.05, 0) is 18.8 Å². The summed E-state index contributed by atoms with van der Waals surface area (Å²) in [6.45, 7) is 0.609. The van der Waals surface area contributed by atoms with Gasteiger partial charge in [-0.1, -0.05) is 25.0 Å². The number of halogens is 1. The number of carbonyl (C=O) groups excluding carboxylic acids is 1. The lowest BCUT2D eigenvalue weighted by molar-refractivity contribution is -0.121. The molecule has 0 aromatic rings. The molecule has 0 saturated heterocycles. The van der Waals surface area contributed by atoms with Gasteiger partial charge in [-0.3, -0.25) is 4.79 Å². The summed E-state index contributed by atoms with van der Waals surface area (Å²) in [7, 11) is 0. The smallest absolute Gasteiger partial charge is 0.220 e. The number of hydrogen-bond donors (Lipinski definition) is 1.